The van der Waals surface area contributed by atoms with Gasteiger partial charge in [-0.1, -0.05) is 90.0 Å². The average Bonchev–Trinajstić information content (AvgIpc) is 2.97. The van der Waals surface area contributed by atoms with E-state index in [0.717, 1.165) is 24.8 Å². The molecule has 0 aromatic rings. The summed E-state index contributed by atoms with van der Waals surface area (Å²) in [5, 5.41) is 34.1. The highest BCUT2D eigenvalue weighted by atomic mass is 16.5. The third-order valence-electron chi connectivity index (χ3n) is 8.23. The van der Waals surface area contributed by atoms with Crippen molar-refractivity contribution >= 4 is 11.9 Å². The molecule has 0 fully saturated rings. The Labute approximate surface area is 261 Å². The summed E-state index contributed by atoms with van der Waals surface area (Å²) in [5.74, 6) is -0.216. The van der Waals surface area contributed by atoms with Crippen molar-refractivity contribution in [3.05, 3.63) is 35.5 Å². The van der Waals surface area contributed by atoms with Crippen molar-refractivity contribution in [1.29, 1.82) is 0 Å². The number of rotatable bonds is 5. The lowest BCUT2D eigenvalue weighted by atomic mass is 9.96. The number of amides is 1. The van der Waals surface area contributed by atoms with Crippen molar-refractivity contribution < 1.29 is 34.4 Å². The van der Waals surface area contributed by atoms with Gasteiger partial charge in [0.25, 0.3) is 5.91 Å². The van der Waals surface area contributed by atoms with Crippen LogP contribution >= 0.6 is 0 Å². The van der Waals surface area contributed by atoms with Crippen LogP contribution in [0, 0.1) is 11.8 Å². The van der Waals surface area contributed by atoms with E-state index in [2.05, 4.69) is 31.3 Å². The number of β-amino-alcohol motifs (C(OH)–C–C–N with tert-alkyl or cyclic N) is 1. The lowest BCUT2D eigenvalue weighted by molar-refractivity contribution is -0.152. The molecule has 0 spiro atoms. The number of methoxy groups -OCH3 is 1. The maximum Gasteiger partial charge on any atom is 0.334 e. The molecular weight excluding hydrogens is 546 g/mol. The van der Waals surface area contributed by atoms with Gasteiger partial charge in [-0.25, -0.2) is 4.79 Å². The van der Waals surface area contributed by atoms with E-state index in [1.165, 1.54) is 38.5 Å². The molecule has 1 heterocycles. The maximum atomic E-state index is 12.8. The van der Waals surface area contributed by atoms with Crippen LogP contribution in [0.25, 0.3) is 0 Å². The Bertz CT molecular complexity index is 868. The first-order valence-corrected chi connectivity index (χ1v) is 16.7. The highest BCUT2D eigenvalue weighted by molar-refractivity contribution is 5.91. The quantitative estimate of drug-likeness (QED) is 0.285. The lowest BCUT2D eigenvalue weighted by Crippen LogP contribution is -2.42. The third-order valence-corrected chi connectivity index (χ3v) is 8.23. The van der Waals surface area contributed by atoms with Crippen molar-refractivity contribution in [2.75, 3.05) is 20.3 Å². The fourth-order valence-corrected chi connectivity index (χ4v) is 5.44. The lowest BCUT2D eigenvalue weighted by Gasteiger charge is -2.22. The van der Waals surface area contributed by atoms with Crippen molar-refractivity contribution in [3.8, 4) is 0 Å². The van der Waals surface area contributed by atoms with Gasteiger partial charge in [0.05, 0.1) is 24.9 Å². The molecule has 1 aliphatic heterocycles. The molecule has 0 radical (unpaired) electrons. The van der Waals surface area contributed by atoms with Crippen LogP contribution in [-0.4, -0.2) is 71.9 Å². The molecule has 248 valence electrons. The Morgan fingerprint density at radius 3 is 2.30 bits per heavy atom. The van der Waals surface area contributed by atoms with Crippen LogP contribution in [0.1, 0.15) is 118 Å². The second-order valence-electron chi connectivity index (χ2n) is 12.3. The zero-order chi connectivity index (χ0) is 32.0. The number of carbonyl (C=O) groups excluding carboxylic acids is 2. The first-order chi connectivity index (χ1) is 20.6. The summed E-state index contributed by atoms with van der Waals surface area (Å²) in [6.45, 7) is 8.27. The van der Waals surface area contributed by atoms with Crippen LogP contribution in [0.15, 0.2) is 35.5 Å². The minimum atomic E-state index is -1.15. The van der Waals surface area contributed by atoms with E-state index in [4.69, 9.17) is 9.47 Å². The van der Waals surface area contributed by atoms with Gasteiger partial charge in [-0.05, 0) is 62.9 Å². The number of hydrogen-bond donors (Lipinski definition) is 4. The van der Waals surface area contributed by atoms with Gasteiger partial charge in [0, 0.05) is 25.6 Å². The fraction of sp³-hybridized carbons (Fsp3) is 0.771. The third kappa shape index (κ3) is 17.8. The first kappa shape index (κ1) is 39.0. The van der Waals surface area contributed by atoms with Crippen LogP contribution in [-0.2, 0) is 19.1 Å². The highest BCUT2D eigenvalue weighted by Gasteiger charge is 2.25. The Morgan fingerprint density at radius 2 is 1.65 bits per heavy atom. The zero-order valence-electron chi connectivity index (χ0n) is 27.6. The summed E-state index contributed by atoms with van der Waals surface area (Å²) >= 11 is 0. The number of ether oxygens (including phenoxy) is 2. The van der Waals surface area contributed by atoms with Gasteiger partial charge < -0.3 is 30.1 Å². The number of allylic oxidation sites excluding steroid dienone is 4. The van der Waals surface area contributed by atoms with E-state index in [1.807, 2.05) is 19.1 Å². The molecule has 0 aromatic heterocycles. The summed E-state index contributed by atoms with van der Waals surface area (Å²) in [7, 11) is 1.64. The number of nitrogens with one attached hydrogen (secondary N) is 1. The van der Waals surface area contributed by atoms with Gasteiger partial charge in [0.1, 0.15) is 0 Å². The van der Waals surface area contributed by atoms with Crippen LogP contribution in [0.5, 0.6) is 0 Å². The predicted molar refractivity (Wildman–Crippen MR) is 172 cm³/mol. The molecule has 1 rings (SSSR count). The number of aliphatic hydroxyl groups is 3. The number of carbonyl (C=O) groups is 2. The van der Waals surface area contributed by atoms with E-state index in [1.54, 1.807) is 14.0 Å². The molecule has 0 aliphatic carbocycles. The molecule has 6 atom stereocenters. The normalized spacial score (nSPS) is 29.4. The van der Waals surface area contributed by atoms with Crippen LogP contribution < -0.4 is 5.32 Å². The largest absolute Gasteiger partial charge is 0.449 e. The van der Waals surface area contributed by atoms with Crippen molar-refractivity contribution in [1.82, 2.24) is 5.32 Å². The molecule has 8 heteroatoms. The summed E-state index contributed by atoms with van der Waals surface area (Å²) in [4.78, 5) is 25.6. The van der Waals surface area contributed by atoms with Gasteiger partial charge in [-0.3, -0.25) is 4.79 Å². The average molecular weight is 608 g/mol. The Balaban J connectivity index is 2.94. The smallest absolute Gasteiger partial charge is 0.334 e. The summed E-state index contributed by atoms with van der Waals surface area (Å²) < 4.78 is 10.9. The van der Waals surface area contributed by atoms with Gasteiger partial charge in [-0.2, -0.15) is 0 Å². The molecule has 0 bridgehead atoms. The maximum absolute atomic E-state index is 12.8. The Hall–Kier alpha value is -2.00. The number of cyclic esters (lactones) is 1. The van der Waals surface area contributed by atoms with E-state index in [-0.39, 0.29) is 18.9 Å². The van der Waals surface area contributed by atoms with E-state index >= 15 is 0 Å². The molecule has 43 heavy (non-hydrogen) atoms. The SMILES string of the molecule is CCCC1OC(=O)C(C)=CC(C)CCCCCCCCC(CC)C=CC=C(COC)CCC(O)C(O)CC(O)CNC1=O. The molecular formula is C35H61NO7. The molecule has 4 N–H and O–H groups in total. The topological polar surface area (TPSA) is 125 Å². The van der Waals surface area contributed by atoms with Gasteiger partial charge in [0.2, 0.25) is 0 Å². The predicted octanol–water partition coefficient (Wildman–Crippen LogP) is 5.94. The zero-order valence-corrected chi connectivity index (χ0v) is 27.6. The second-order valence-corrected chi connectivity index (χ2v) is 12.3. The fourth-order valence-electron chi connectivity index (χ4n) is 5.44. The minimum Gasteiger partial charge on any atom is -0.449 e. The number of esters is 1. The molecule has 0 aromatic carbocycles. The minimum absolute atomic E-state index is 0.0964. The Morgan fingerprint density at radius 1 is 0.977 bits per heavy atom. The van der Waals surface area contributed by atoms with E-state index in [0.29, 0.717) is 43.8 Å². The van der Waals surface area contributed by atoms with Crippen LogP contribution in [0.4, 0.5) is 0 Å². The van der Waals surface area contributed by atoms with Crippen molar-refractivity contribution in [3.63, 3.8) is 0 Å². The van der Waals surface area contributed by atoms with Crippen LogP contribution in [0.3, 0.4) is 0 Å². The standard InChI is InChI=1S/C35H61NO7/c1-6-15-33-34(40)36-24-30(37)23-32(39)31(38)21-20-29(25-42-5)19-14-18-28(7-2)17-13-11-9-8-10-12-16-26(3)22-27(4)35(41)43-33/h14,18-19,22,26,28,30-33,37-39H,6-13,15-17,20-21,23-25H2,1-5H3,(H,36,40). The Kier molecular flexibility index (Phi) is 21.2. The van der Waals surface area contributed by atoms with Crippen LogP contribution in [0.2, 0.25) is 0 Å². The van der Waals surface area contributed by atoms with Crippen molar-refractivity contribution in [2.24, 2.45) is 11.8 Å². The van der Waals surface area contributed by atoms with Crippen molar-refractivity contribution in [2.45, 2.75) is 142 Å². The molecule has 0 saturated heterocycles. The molecule has 6 unspecified atom stereocenters. The number of aliphatic hydroxyl groups excluding tert-OH is 3. The summed E-state index contributed by atoms with van der Waals surface area (Å²) in [6.07, 6.45) is 16.4. The second kappa shape index (κ2) is 23.4. The molecule has 8 nitrogen and oxygen atoms in total. The van der Waals surface area contributed by atoms with Gasteiger partial charge >= 0.3 is 5.97 Å². The monoisotopic (exact) mass is 607 g/mol. The summed E-state index contributed by atoms with van der Waals surface area (Å²) in [5.41, 5.74) is 1.52. The summed E-state index contributed by atoms with van der Waals surface area (Å²) in [6, 6.07) is 0. The first-order valence-electron chi connectivity index (χ1n) is 16.7. The van der Waals surface area contributed by atoms with E-state index < -0.39 is 36.3 Å². The highest BCUT2D eigenvalue weighted by Crippen LogP contribution is 2.20. The molecule has 0 saturated carbocycles. The van der Waals surface area contributed by atoms with E-state index in [9.17, 15) is 24.9 Å². The molecule has 1 amide bonds. The van der Waals surface area contributed by atoms with Gasteiger partial charge in [0.15, 0.2) is 6.10 Å². The number of hydrogen-bond acceptors (Lipinski definition) is 7. The molecule has 1 aliphatic rings. The van der Waals surface area contributed by atoms with Gasteiger partial charge in [-0.15, -0.1) is 0 Å².